The predicted molar refractivity (Wildman–Crippen MR) is 61.1 cm³/mol. The van der Waals surface area contributed by atoms with Gasteiger partial charge in [0.1, 0.15) is 5.75 Å². The van der Waals surface area contributed by atoms with Gasteiger partial charge < -0.3 is 14.9 Å². The van der Waals surface area contributed by atoms with E-state index in [9.17, 15) is 10.2 Å². The van der Waals surface area contributed by atoms with Gasteiger partial charge in [-0.05, 0) is 12.5 Å². The molecule has 0 aliphatic carbocycles. The largest absolute Gasteiger partial charge is 0.462 e. The van der Waals surface area contributed by atoms with E-state index in [-0.39, 0.29) is 6.42 Å². The monoisotopic (exact) mass is 222 g/mol. The molecule has 88 valence electrons. The third kappa shape index (κ3) is 2.20. The molecule has 0 amide bonds. The lowest BCUT2D eigenvalue weighted by molar-refractivity contribution is -0.177. The van der Waals surface area contributed by atoms with Gasteiger partial charge in [0.2, 0.25) is 5.79 Å². The van der Waals surface area contributed by atoms with Gasteiger partial charge in [-0.1, -0.05) is 31.5 Å². The van der Waals surface area contributed by atoms with Crippen LogP contribution in [0.1, 0.15) is 44.3 Å². The van der Waals surface area contributed by atoms with E-state index >= 15 is 0 Å². The third-order valence-corrected chi connectivity index (χ3v) is 3.01. The standard InChI is InChI=1S/C13H18O3/c1-2-3-8-13(15)9-11(14)10-6-4-5-7-12(10)16-13/h4-7,11,14-15H,2-3,8-9H2,1H3. The van der Waals surface area contributed by atoms with Gasteiger partial charge in [0, 0.05) is 18.4 Å². The fourth-order valence-electron chi connectivity index (χ4n) is 2.11. The average molecular weight is 222 g/mol. The number of ether oxygens (including phenoxy) is 1. The Balaban J connectivity index is 2.20. The number of hydrogen-bond donors (Lipinski definition) is 2. The van der Waals surface area contributed by atoms with E-state index in [0.717, 1.165) is 18.4 Å². The molecule has 2 rings (SSSR count). The lowest BCUT2D eigenvalue weighted by Crippen LogP contribution is -2.40. The summed E-state index contributed by atoms with van der Waals surface area (Å²) in [5.41, 5.74) is 0.767. The fraction of sp³-hybridized carbons (Fsp3) is 0.538. The number of rotatable bonds is 3. The van der Waals surface area contributed by atoms with Crippen molar-refractivity contribution >= 4 is 0 Å². The zero-order valence-electron chi connectivity index (χ0n) is 9.52. The summed E-state index contributed by atoms with van der Waals surface area (Å²) >= 11 is 0. The fourth-order valence-corrected chi connectivity index (χ4v) is 2.11. The topological polar surface area (TPSA) is 49.7 Å². The van der Waals surface area contributed by atoms with E-state index < -0.39 is 11.9 Å². The van der Waals surface area contributed by atoms with Crippen molar-refractivity contribution in [2.75, 3.05) is 0 Å². The normalized spacial score (nSPS) is 28.3. The molecule has 1 heterocycles. The van der Waals surface area contributed by atoms with Crippen LogP contribution in [-0.4, -0.2) is 16.0 Å². The molecule has 2 N–H and O–H groups in total. The quantitative estimate of drug-likeness (QED) is 0.825. The molecule has 0 saturated heterocycles. The van der Waals surface area contributed by atoms with Crippen LogP contribution in [0.5, 0.6) is 5.75 Å². The molecular formula is C13H18O3. The van der Waals surface area contributed by atoms with E-state index in [4.69, 9.17) is 4.74 Å². The number of aliphatic hydroxyl groups is 2. The Hall–Kier alpha value is -1.06. The Bertz CT molecular complexity index is 364. The number of aliphatic hydroxyl groups excluding tert-OH is 1. The minimum atomic E-state index is -1.20. The maximum absolute atomic E-state index is 10.2. The van der Waals surface area contributed by atoms with Crippen LogP contribution in [0.2, 0.25) is 0 Å². The van der Waals surface area contributed by atoms with Crippen molar-refractivity contribution in [3.63, 3.8) is 0 Å². The molecule has 0 bridgehead atoms. The highest BCUT2D eigenvalue weighted by molar-refractivity contribution is 5.37. The molecule has 1 aromatic carbocycles. The number of hydrogen-bond acceptors (Lipinski definition) is 3. The van der Waals surface area contributed by atoms with Crippen LogP contribution in [0.15, 0.2) is 24.3 Å². The Morgan fingerprint density at radius 2 is 2.19 bits per heavy atom. The highest BCUT2D eigenvalue weighted by Gasteiger charge is 2.37. The first kappa shape index (κ1) is 11.4. The maximum atomic E-state index is 10.2. The zero-order valence-corrected chi connectivity index (χ0v) is 9.52. The van der Waals surface area contributed by atoms with Gasteiger partial charge in [-0.3, -0.25) is 0 Å². The Morgan fingerprint density at radius 1 is 1.44 bits per heavy atom. The van der Waals surface area contributed by atoms with Crippen LogP contribution in [0, 0.1) is 0 Å². The van der Waals surface area contributed by atoms with Crippen molar-refractivity contribution < 1.29 is 14.9 Å². The Labute approximate surface area is 95.7 Å². The van der Waals surface area contributed by atoms with Gasteiger partial charge in [-0.15, -0.1) is 0 Å². The smallest absolute Gasteiger partial charge is 0.210 e. The SMILES string of the molecule is CCCCC1(O)CC(O)c2ccccc2O1. The molecule has 3 heteroatoms. The molecule has 0 saturated carbocycles. The van der Waals surface area contributed by atoms with Crippen LogP contribution in [0.4, 0.5) is 0 Å². The highest BCUT2D eigenvalue weighted by Crippen LogP contribution is 2.40. The molecule has 2 atom stereocenters. The molecule has 16 heavy (non-hydrogen) atoms. The highest BCUT2D eigenvalue weighted by atomic mass is 16.6. The molecule has 1 aliphatic heterocycles. The second kappa shape index (κ2) is 4.44. The predicted octanol–water partition coefficient (Wildman–Crippen LogP) is 2.38. The first-order chi connectivity index (χ1) is 7.64. The summed E-state index contributed by atoms with van der Waals surface area (Å²) in [6.07, 6.45) is 2.08. The van der Waals surface area contributed by atoms with Crippen LogP contribution in [-0.2, 0) is 0 Å². The van der Waals surface area contributed by atoms with E-state index in [1.54, 1.807) is 6.07 Å². The first-order valence-corrected chi connectivity index (χ1v) is 5.83. The molecule has 1 aliphatic rings. The van der Waals surface area contributed by atoms with Crippen molar-refractivity contribution in [2.45, 2.75) is 44.5 Å². The summed E-state index contributed by atoms with van der Waals surface area (Å²) in [5, 5.41) is 20.2. The molecular weight excluding hydrogens is 204 g/mol. The van der Waals surface area contributed by atoms with Crippen molar-refractivity contribution in [3.8, 4) is 5.75 Å². The minimum Gasteiger partial charge on any atom is -0.462 e. The lowest BCUT2D eigenvalue weighted by Gasteiger charge is -2.36. The van der Waals surface area contributed by atoms with E-state index in [2.05, 4.69) is 6.92 Å². The van der Waals surface area contributed by atoms with Crippen molar-refractivity contribution in [3.05, 3.63) is 29.8 Å². The number of fused-ring (bicyclic) bond motifs is 1. The Morgan fingerprint density at radius 3 is 2.94 bits per heavy atom. The van der Waals surface area contributed by atoms with Crippen LogP contribution < -0.4 is 4.74 Å². The zero-order chi connectivity index (χ0) is 11.6. The second-order valence-corrected chi connectivity index (χ2v) is 4.41. The van der Waals surface area contributed by atoms with Crippen molar-refractivity contribution in [2.24, 2.45) is 0 Å². The summed E-state index contributed by atoms with van der Waals surface area (Å²) in [7, 11) is 0. The third-order valence-electron chi connectivity index (χ3n) is 3.01. The minimum absolute atomic E-state index is 0.254. The second-order valence-electron chi connectivity index (χ2n) is 4.41. The van der Waals surface area contributed by atoms with Crippen molar-refractivity contribution in [1.29, 1.82) is 0 Å². The van der Waals surface area contributed by atoms with Crippen molar-refractivity contribution in [1.82, 2.24) is 0 Å². The molecule has 1 aromatic rings. The number of para-hydroxylation sites is 1. The molecule has 0 fully saturated rings. The van der Waals surface area contributed by atoms with Gasteiger partial charge in [0.15, 0.2) is 0 Å². The number of benzene rings is 1. The van der Waals surface area contributed by atoms with Gasteiger partial charge in [0.05, 0.1) is 6.10 Å². The summed E-state index contributed by atoms with van der Waals surface area (Å²) in [6, 6.07) is 7.33. The van der Waals surface area contributed by atoms with Gasteiger partial charge in [0.25, 0.3) is 0 Å². The van der Waals surface area contributed by atoms with E-state index in [1.165, 1.54) is 0 Å². The van der Waals surface area contributed by atoms with E-state index in [0.29, 0.717) is 12.2 Å². The van der Waals surface area contributed by atoms with Gasteiger partial charge in [-0.2, -0.15) is 0 Å². The van der Waals surface area contributed by atoms with Crippen LogP contribution in [0.25, 0.3) is 0 Å². The van der Waals surface area contributed by atoms with Crippen LogP contribution >= 0.6 is 0 Å². The first-order valence-electron chi connectivity index (χ1n) is 5.83. The maximum Gasteiger partial charge on any atom is 0.210 e. The summed E-state index contributed by atoms with van der Waals surface area (Å²) in [6.45, 7) is 2.07. The van der Waals surface area contributed by atoms with E-state index in [1.807, 2.05) is 18.2 Å². The molecule has 0 aromatic heterocycles. The molecule has 3 nitrogen and oxygen atoms in total. The molecule has 0 spiro atoms. The summed E-state index contributed by atoms with van der Waals surface area (Å²) < 4.78 is 5.59. The lowest BCUT2D eigenvalue weighted by atomic mass is 9.94. The van der Waals surface area contributed by atoms with Gasteiger partial charge >= 0.3 is 0 Å². The van der Waals surface area contributed by atoms with Crippen LogP contribution in [0.3, 0.4) is 0 Å². The molecule has 2 unspecified atom stereocenters. The average Bonchev–Trinajstić information content (AvgIpc) is 2.26. The summed E-state index contributed by atoms with van der Waals surface area (Å²) in [5.74, 6) is -0.607. The number of unbranched alkanes of at least 4 members (excludes halogenated alkanes) is 1. The van der Waals surface area contributed by atoms with Gasteiger partial charge in [-0.25, -0.2) is 0 Å². The molecule has 0 radical (unpaired) electrons. The Kier molecular flexibility index (Phi) is 3.17. The summed E-state index contributed by atoms with van der Waals surface area (Å²) in [4.78, 5) is 0.